The van der Waals surface area contributed by atoms with Gasteiger partial charge in [-0.3, -0.25) is 9.59 Å². The number of carbonyl (C=O) groups is 2. The highest BCUT2D eigenvalue weighted by Gasteiger charge is 2.18. The van der Waals surface area contributed by atoms with Crippen LogP contribution in [0, 0.1) is 5.92 Å². The molecule has 1 aromatic heterocycles. The molecule has 1 saturated heterocycles. The number of amides is 2. The summed E-state index contributed by atoms with van der Waals surface area (Å²) in [6.45, 7) is 4.45. The summed E-state index contributed by atoms with van der Waals surface area (Å²) in [5.41, 5.74) is 0.419. The van der Waals surface area contributed by atoms with Crippen LogP contribution in [-0.2, 0) is 4.79 Å². The molecule has 1 aliphatic rings. The van der Waals surface area contributed by atoms with E-state index in [9.17, 15) is 9.59 Å². The van der Waals surface area contributed by atoms with Gasteiger partial charge >= 0.3 is 0 Å². The molecule has 1 fully saturated rings. The van der Waals surface area contributed by atoms with Gasteiger partial charge in [0.05, 0.1) is 11.8 Å². The van der Waals surface area contributed by atoms with Crippen molar-refractivity contribution < 1.29 is 14.0 Å². The molecule has 2 rings (SSSR count). The maximum Gasteiger partial charge on any atom is 0.255 e. The van der Waals surface area contributed by atoms with Crippen molar-refractivity contribution in [3.05, 3.63) is 24.2 Å². The first-order chi connectivity index (χ1) is 10.2. The summed E-state index contributed by atoms with van der Waals surface area (Å²) in [7, 11) is 0. The van der Waals surface area contributed by atoms with Crippen molar-refractivity contribution in [2.75, 3.05) is 19.6 Å². The lowest BCUT2D eigenvalue weighted by atomic mass is 9.96. The Bertz CT molecular complexity index is 459. The van der Waals surface area contributed by atoms with E-state index < -0.39 is 6.04 Å². The van der Waals surface area contributed by atoms with Crippen LogP contribution in [0.4, 0.5) is 0 Å². The number of carbonyl (C=O) groups excluding carboxylic acids is 2. The molecule has 7 heteroatoms. The highest BCUT2D eigenvalue weighted by atomic mass is 35.5. The van der Waals surface area contributed by atoms with E-state index >= 15 is 0 Å². The largest absolute Gasteiger partial charge is 0.472 e. The van der Waals surface area contributed by atoms with Gasteiger partial charge in [-0.25, -0.2) is 0 Å². The molecule has 2 heterocycles. The van der Waals surface area contributed by atoms with Gasteiger partial charge in [0.2, 0.25) is 5.91 Å². The average molecular weight is 330 g/mol. The van der Waals surface area contributed by atoms with Crippen LogP contribution in [0.25, 0.3) is 0 Å². The number of piperidine rings is 1. The van der Waals surface area contributed by atoms with E-state index in [-0.39, 0.29) is 24.2 Å². The Morgan fingerprint density at radius 1 is 1.50 bits per heavy atom. The normalized spacial score (nSPS) is 18.9. The minimum Gasteiger partial charge on any atom is -0.472 e. The second-order valence-corrected chi connectivity index (χ2v) is 5.50. The van der Waals surface area contributed by atoms with Crippen LogP contribution in [0.3, 0.4) is 0 Å². The third-order valence-corrected chi connectivity index (χ3v) is 3.78. The molecular weight excluding hydrogens is 306 g/mol. The fraction of sp³-hybridized carbons (Fsp3) is 0.600. The smallest absolute Gasteiger partial charge is 0.255 e. The van der Waals surface area contributed by atoms with Crippen LogP contribution in [0.15, 0.2) is 23.0 Å². The summed E-state index contributed by atoms with van der Waals surface area (Å²) in [6, 6.07) is 1.01. The Labute approximate surface area is 136 Å². The van der Waals surface area contributed by atoms with Gasteiger partial charge in [0, 0.05) is 6.54 Å². The van der Waals surface area contributed by atoms with E-state index in [2.05, 4.69) is 16.0 Å². The van der Waals surface area contributed by atoms with Crippen molar-refractivity contribution in [2.24, 2.45) is 5.92 Å². The highest BCUT2D eigenvalue weighted by Crippen LogP contribution is 2.12. The fourth-order valence-corrected chi connectivity index (χ4v) is 2.46. The number of furan rings is 1. The molecule has 22 heavy (non-hydrogen) atoms. The molecule has 2 amide bonds. The first-order valence-corrected chi connectivity index (χ1v) is 7.48. The molecule has 1 aliphatic heterocycles. The number of rotatable bonds is 6. The van der Waals surface area contributed by atoms with Gasteiger partial charge in [0.25, 0.3) is 5.91 Å². The zero-order chi connectivity index (χ0) is 15.1. The Balaban J connectivity index is 0.00000242. The summed E-state index contributed by atoms with van der Waals surface area (Å²) in [5.74, 6) is 0.174. The minimum absolute atomic E-state index is 0. The molecule has 2 atom stereocenters. The number of nitrogens with one attached hydrogen (secondary N) is 3. The molecule has 6 nitrogen and oxygen atoms in total. The molecule has 2 unspecified atom stereocenters. The monoisotopic (exact) mass is 329 g/mol. The predicted molar refractivity (Wildman–Crippen MR) is 86.1 cm³/mol. The zero-order valence-electron chi connectivity index (χ0n) is 12.8. The Hall–Kier alpha value is -1.53. The summed E-state index contributed by atoms with van der Waals surface area (Å²) < 4.78 is 4.84. The number of hydrogen-bond donors (Lipinski definition) is 3. The standard InChI is InChI=1S/C15H23N3O3.ClH/c1-11(18-15(20)13-5-8-21-10-13)14(19)17-7-4-12-3-2-6-16-9-12;/h5,8,10-12,16H,2-4,6-7,9H2,1H3,(H,17,19)(H,18,20);1H. The molecule has 0 spiro atoms. The fourth-order valence-electron chi connectivity index (χ4n) is 2.46. The topological polar surface area (TPSA) is 83.4 Å². The van der Waals surface area contributed by atoms with E-state index in [0.29, 0.717) is 18.0 Å². The van der Waals surface area contributed by atoms with Crippen molar-refractivity contribution in [3.8, 4) is 0 Å². The molecular formula is C15H24ClN3O3. The van der Waals surface area contributed by atoms with Crippen molar-refractivity contribution in [1.82, 2.24) is 16.0 Å². The molecule has 0 aliphatic carbocycles. The van der Waals surface area contributed by atoms with E-state index in [1.54, 1.807) is 13.0 Å². The second-order valence-electron chi connectivity index (χ2n) is 5.50. The van der Waals surface area contributed by atoms with Gasteiger partial charge in [-0.05, 0) is 51.3 Å². The number of halogens is 1. The lowest BCUT2D eigenvalue weighted by molar-refractivity contribution is -0.122. The first-order valence-electron chi connectivity index (χ1n) is 7.48. The van der Waals surface area contributed by atoms with E-state index in [4.69, 9.17) is 4.42 Å². The molecule has 124 valence electrons. The van der Waals surface area contributed by atoms with Gasteiger partial charge in [-0.1, -0.05) is 0 Å². The molecule has 3 N–H and O–H groups in total. The number of hydrogen-bond acceptors (Lipinski definition) is 4. The first kappa shape index (κ1) is 18.5. The predicted octanol–water partition coefficient (Wildman–Crippen LogP) is 1.33. The van der Waals surface area contributed by atoms with Crippen molar-refractivity contribution in [2.45, 2.75) is 32.2 Å². The summed E-state index contributed by atoms with van der Waals surface area (Å²) >= 11 is 0. The van der Waals surface area contributed by atoms with Gasteiger partial charge in [0.1, 0.15) is 12.3 Å². The lowest BCUT2D eigenvalue weighted by Gasteiger charge is -2.23. The van der Waals surface area contributed by atoms with Gasteiger partial charge in [-0.15, -0.1) is 12.4 Å². The van der Waals surface area contributed by atoms with Gasteiger partial charge in [0.15, 0.2) is 0 Å². The van der Waals surface area contributed by atoms with Crippen molar-refractivity contribution in [3.63, 3.8) is 0 Å². The van der Waals surface area contributed by atoms with Crippen LogP contribution in [0.5, 0.6) is 0 Å². The Morgan fingerprint density at radius 2 is 2.32 bits per heavy atom. The quantitative estimate of drug-likeness (QED) is 0.735. The molecule has 0 aromatic carbocycles. The molecule has 0 saturated carbocycles. The SMILES string of the molecule is CC(NC(=O)c1ccoc1)C(=O)NCCC1CCCNC1.Cl. The Kier molecular flexibility index (Phi) is 7.98. The molecule has 0 radical (unpaired) electrons. The lowest BCUT2D eigenvalue weighted by Crippen LogP contribution is -2.45. The molecule has 0 bridgehead atoms. The van der Waals surface area contributed by atoms with Crippen LogP contribution in [-0.4, -0.2) is 37.5 Å². The van der Waals surface area contributed by atoms with E-state index in [0.717, 1.165) is 19.5 Å². The summed E-state index contributed by atoms with van der Waals surface area (Å²) in [5, 5.41) is 8.88. The second kappa shape index (κ2) is 9.48. The molecule has 1 aromatic rings. The maximum absolute atomic E-state index is 11.9. The van der Waals surface area contributed by atoms with Gasteiger partial charge < -0.3 is 20.4 Å². The highest BCUT2D eigenvalue weighted by molar-refractivity contribution is 5.97. The van der Waals surface area contributed by atoms with Crippen LogP contribution in [0.1, 0.15) is 36.5 Å². The van der Waals surface area contributed by atoms with E-state index in [1.807, 2.05) is 0 Å². The van der Waals surface area contributed by atoms with Gasteiger partial charge in [-0.2, -0.15) is 0 Å². The summed E-state index contributed by atoms with van der Waals surface area (Å²) in [4.78, 5) is 23.7. The summed E-state index contributed by atoms with van der Waals surface area (Å²) in [6.07, 6.45) is 6.18. The minimum atomic E-state index is -0.558. The van der Waals surface area contributed by atoms with Crippen molar-refractivity contribution >= 4 is 24.2 Å². The Morgan fingerprint density at radius 3 is 2.95 bits per heavy atom. The third-order valence-electron chi connectivity index (χ3n) is 3.78. The van der Waals surface area contributed by atoms with Crippen LogP contribution < -0.4 is 16.0 Å². The average Bonchev–Trinajstić information content (AvgIpc) is 3.02. The van der Waals surface area contributed by atoms with Crippen molar-refractivity contribution in [1.29, 1.82) is 0 Å². The zero-order valence-corrected chi connectivity index (χ0v) is 13.6. The third kappa shape index (κ3) is 5.69. The van der Waals surface area contributed by atoms with Crippen LogP contribution >= 0.6 is 12.4 Å². The van der Waals surface area contributed by atoms with E-state index in [1.165, 1.54) is 25.4 Å². The maximum atomic E-state index is 11.9. The van der Waals surface area contributed by atoms with Crippen LogP contribution in [0.2, 0.25) is 0 Å².